The first kappa shape index (κ1) is 47.2. The molecule has 0 saturated heterocycles. The Morgan fingerprint density at radius 3 is 1.56 bits per heavy atom. The van der Waals surface area contributed by atoms with Gasteiger partial charge in [0, 0.05) is 6.42 Å². The van der Waals surface area contributed by atoms with Crippen molar-refractivity contribution in [1.29, 1.82) is 0 Å². The number of aliphatic hydroxyl groups is 1. The van der Waals surface area contributed by atoms with E-state index in [0.29, 0.717) is 17.4 Å². The van der Waals surface area contributed by atoms with E-state index in [2.05, 4.69) is 19.2 Å². The second-order valence-corrected chi connectivity index (χ2v) is 16.4. The van der Waals surface area contributed by atoms with E-state index in [0.717, 1.165) is 44.9 Å². The third-order valence-electron chi connectivity index (χ3n) is 9.00. The van der Waals surface area contributed by atoms with Crippen molar-refractivity contribution in [3.8, 4) is 0 Å². The number of nitrogens with zero attached hydrogens (tertiary/aromatic N) is 1. The van der Waals surface area contributed by atoms with Gasteiger partial charge in [0.05, 0.1) is 39.9 Å². The lowest BCUT2D eigenvalue weighted by Gasteiger charge is -2.29. The Bertz CT molecular complexity index is 804. The number of unbranched alkanes of at least 4 members (excludes halogenated alkanes) is 23. The molecule has 0 aliphatic carbocycles. The number of aliphatic hydroxyl groups excluding tert-OH is 1. The van der Waals surface area contributed by atoms with Crippen LogP contribution in [0.3, 0.4) is 0 Å². The van der Waals surface area contributed by atoms with Crippen LogP contribution in [0.5, 0.6) is 0 Å². The first-order valence-electron chi connectivity index (χ1n) is 20.1. The minimum atomic E-state index is -4.56. The topological polar surface area (TPSA) is 108 Å². The second-order valence-electron chi connectivity index (χ2n) is 15.0. The lowest BCUT2D eigenvalue weighted by Crippen LogP contribution is -2.45. The highest BCUT2D eigenvalue weighted by molar-refractivity contribution is 7.45. The summed E-state index contributed by atoms with van der Waals surface area (Å²) in [6, 6.07) is -0.876. The van der Waals surface area contributed by atoms with Gasteiger partial charge in [-0.3, -0.25) is 9.36 Å². The number of hydrogen-bond acceptors (Lipinski definition) is 6. The van der Waals surface area contributed by atoms with Crippen LogP contribution in [0.4, 0.5) is 0 Å². The molecule has 0 aliphatic rings. The quantitative estimate of drug-likeness (QED) is 0.0291. The lowest BCUT2D eigenvalue weighted by molar-refractivity contribution is -0.870. The van der Waals surface area contributed by atoms with Crippen LogP contribution >= 0.6 is 7.82 Å². The summed E-state index contributed by atoms with van der Waals surface area (Å²) in [4.78, 5) is 25.0. The average molecular weight is 703 g/mol. The van der Waals surface area contributed by atoms with E-state index >= 15 is 0 Å². The number of allylic oxidation sites excluding steroid dienone is 1. The van der Waals surface area contributed by atoms with Crippen LogP contribution in [0.1, 0.15) is 181 Å². The fraction of sp³-hybridized carbons (Fsp3) is 0.923. The second kappa shape index (κ2) is 32.2. The molecule has 0 aromatic carbocycles. The highest BCUT2D eigenvalue weighted by Crippen LogP contribution is 2.38. The maximum atomic E-state index is 12.7. The highest BCUT2D eigenvalue weighted by Gasteiger charge is 2.23. The van der Waals surface area contributed by atoms with Gasteiger partial charge in [-0.15, -0.1) is 0 Å². The van der Waals surface area contributed by atoms with Gasteiger partial charge in [-0.05, 0) is 19.3 Å². The van der Waals surface area contributed by atoms with Crippen LogP contribution in [-0.4, -0.2) is 68.5 Å². The minimum Gasteiger partial charge on any atom is -0.756 e. The van der Waals surface area contributed by atoms with Crippen molar-refractivity contribution in [3.05, 3.63) is 12.2 Å². The normalized spacial score (nSPS) is 14.7. The van der Waals surface area contributed by atoms with E-state index in [1.165, 1.54) is 116 Å². The Labute approximate surface area is 297 Å². The van der Waals surface area contributed by atoms with Crippen molar-refractivity contribution in [2.75, 3.05) is 40.9 Å². The molecule has 0 aliphatic heterocycles. The Morgan fingerprint density at radius 1 is 0.708 bits per heavy atom. The monoisotopic (exact) mass is 703 g/mol. The largest absolute Gasteiger partial charge is 0.756 e. The molecular weight excluding hydrogens is 623 g/mol. The molecule has 0 saturated carbocycles. The highest BCUT2D eigenvalue weighted by atomic mass is 31.2. The van der Waals surface area contributed by atoms with Crippen LogP contribution in [0.2, 0.25) is 0 Å². The van der Waals surface area contributed by atoms with Gasteiger partial charge in [0.1, 0.15) is 13.2 Å². The van der Waals surface area contributed by atoms with Crippen LogP contribution < -0.4 is 10.2 Å². The summed E-state index contributed by atoms with van der Waals surface area (Å²) in [5, 5.41) is 13.5. The molecule has 0 bridgehead atoms. The number of rotatable bonds is 36. The first-order valence-corrected chi connectivity index (χ1v) is 21.5. The van der Waals surface area contributed by atoms with Crippen molar-refractivity contribution in [3.63, 3.8) is 0 Å². The third-order valence-corrected chi connectivity index (χ3v) is 9.96. The van der Waals surface area contributed by atoms with Crippen molar-refractivity contribution in [2.45, 2.75) is 193 Å². The summed E-state index contributed by atoms with van der Waals surface area (Å²) in [6.07, 6.45) is 34.5. The molecule has 0 radical (unpaired) electrons. The minimum absolute atomic E-state index is 0.000659. The summed E-state index contributed by atoms with van der Waals surface area (Å²) >= 11 is 0. The van der Waals surface area contributed by atoms with E-state index in [4.69, 9.17) is 9.05 Å². The molecule has 286 valence electrons. The van der Waals surface area contributed by atoms with Crippen LogP contribution in [0, 0.1) is 0 Å². The van der Waals surface area contributed by atoms with Crippen molar-refractivity contribution in [1.82, 2.24) is 5.32 Å². The molecule has 0 aromatic heterocycles. The number of quaternary nitrogens is 1. The first-order chi connectivity index (χ1) is 23.0. The molecule has 48 heavy (non-hydrogen) atoms. The van der Waals surface area contributed by atoms with Gasteiger partial charge in [0.25, 0.3) is 7.82 Å². The van der Waals surface area contributed by atoms with E-state index in [-0.39, 0.29) is 19.1 Å². The summed E-state index contributed by atoms with van der Waals surface area (Å²) in [6.45, 7) is 4.53. The number of carbonyl (C=O) groups is 1. The zero-order valence-electron chi connectivity index (χ0n) is 32.2. The zero-order valence-corrected chi connectivity index (χ0v) is 33.1. The molecule has 9 heteroatoms. The molecular formula is C39H79N2O6P. The van der Waals surface area contributed by atoms with E-state index in [9.17, 15) is 19.4 Å². The molecule has 3 atom stereocenters. The van der Waals surface area contributed by atoms with Gasteiger partial charge >= 0.3 is 0 Å². The van der Waals surface area contributed by atoms with Gasteiger partial charge in [0.2, 0.25) is 5.91 Å². The van der Waals surface area contributed by atoms with Crippen LogP contribution in [-0.2, 0) is 18.4 Å². The molecule has 0 rings (SSSR count). The molecule has 0 heterocycles. The number of likely N-dealkylation sites (N-methyl/N-ethyl adjacent to an activating group) is 1. The number of phosphoric acid groups is 1. The Balaban J connectivity index is 4.08. The van der Waals surface area contributed by atoms with Gasteiger partial charge in [-0.2, -0.15) is 0 Å². The third kappa shape index (κ3) is 33.7. The van der Waals surface area contributed by atoms with Gasteiger partial charge in [-0.25, -0.2) is 0 Å². The van der Waals surface area contributed by atoms with Crippen LogP contribution in [0.25, 0.3) is 0 Å². The summed E-state index contributed by atoms with van der Waals surface area (Å²) in [5.41, 5.74) is 0. The predicted octanol–water partition coefficient (Wildman–Crippen LogP) is 9.78. The number of hydrogen-bond donors (Lipinski definition) is 2. The fourth-order valence-corrected chi connectivity index (χ4v) is 6.46. The Kier molecular flexibility index (Phi) is 31.7. The molecule has 8 nitrogen and oxygen atoms in total. The zero-order chi connectivity index (χ0) is 35.8. The SMILES string of the molecule is CCCCC/C=C/C(O)C(COP(=O)([O-])OCC[N+](C)(C)C)NC(=O)CCCCCCCCCCCCCCCCCCCCCCC. The van der Waals surface area contributed by atoms with Gasteiger partial charge in [-0.1, -0.05) is 167 Å². The molecule has 0 fully saturated rings. The summed E-state index contributed by atoms with van der Waals surface area (Å²) in [7, 11) is 1.26. The smallest absolute Gasteiger partial charge is 0.268 e. The standard InChI is InChI=1S/C39H79N2O6P/c1-6-8-10-12-13-14-15-16-17-18-19-20-21-22-23-24-25-26-27-29-31-33-39(43)40-37(38(42)32-30-28-11-9-7-2)36-47-48(44,45)46-35-34-41(3,4)5/h30,32,37-38,42H,6-29,31,33-36H2,1-5H3,(H-,40,43,44,45)/b32-30+. The number of carbonyl (C=O) groups excluding carboxylic acids is 1. The maximum Gasteiger partial charge on any atom is 0.268 e. The van der Waals surface area contributed by atoms with Crippen LogP contribution in [0.15, 0.2) is 12.2 Å². The van der Waals surface area contributed by atoms with Gasteiger partial charge < -0.3 is 28.8 Å². The predicted molar refractivity (Wildman–Crippen MR) is 201 cm³/mol. The number of phosphoric ester groups is 1. The summed E-state index contributed by atoms with van der Waals surface area (Å²) in [5.74, 6) is -0.202. The lowest BCUT2D eigenvalue weighted by atomic mass is 10.0. The molecule has 0 spiro atoms. The number of amides is 1. The van der Waals surface area contributed by atoms with E-state index < -0.39 is 20.0 Å². The van der Waals surface area contributed by atoms with E-state index in [1.54, 1.807) is 6.08 Å². The van der Waals surface area contributed by atoms with Gasteiger partial charge in [0.15, 0.2) is 0 Å². The van der Waals surface area contributed by atoms with Crippen molar-refractivity contribution >= 4 is 13.7 Å². The summed E-state index contributed by atoms with van der Waals surface area (Å²) < 4.78 is 22.9. The molecule has 1 amide bonds. The fourth-order valence-electron chi connectivity index (χ4n) is 5.74. The molecule has 3 unspecified atom stereocenters. The van der Waals surface area contributed by atoms with Crippen molar-refractivity contribution < 1.29 is 32.9 Å². The molecule has 0 aromatic rings. The number of nitrogens with one attached hydrogen (secondary N) is 1. The molecule has 2 N–H and O–H groups in total. The Hall–Kier alpha value is -0.760. The van der Waals surface area contributed by atoms with Crippen molar-refractivity contribution in [2.24, 2.45) is 0 Å². The van der Waals surface area contributed by atoms with E-state index in [1.807, 2.05) is 27.2 Å². The average Bonchev–Trinajstić information content (AvgIpc) is 3.02. The Morgan fingerprint density at radius 2 is 1.12 bits per heavy atom. The maximum absolute atomic E-state index is 12.7.